The lowest BCUT2D eigenvalue weighted by molar-refractivity contribution is 0.0698. The van der Waals surface area contributed by atoms with Crippen LogP contribution in [0.1, 0.15) is 17.3 Å². The minimum absolute atomic E-state index is 0.0125. The Balaban J connectivity index is 2.92. The first kappa shape index (κ1) is 15.0. The van der Waals surface area contributed by atoms with Gasteiger partial charge in [-0.3, -0.25) is 0 Å². The third-order valence-corrected chi connectivity index (χ3v) is 2.54. The van der Waals surface area contributed by atoms with Gasteiger partial charge in [-0.25, -0.2) is 9.59 Å². The van der Waals surface area contributed by atoms with Crippen molar-refractivity contribution in [2.75, 3.05) is 18.9 Å². The van der Waals surface area contributed by atoms with Crippen LogP contribution in [0, 0.1) is 0 Å². The number of anilines is 1. The van der Waals surface area contributed by atoms with Crippen molar-refractivity contribution in [3.63, 3.8) is 0 Å². The van der Waals surface area contributed by atoms with Gasteiger partial charge in [-0.2, -0.15) is 0 Å². The average molecular weight is 283 g/mol. The zero-order chi connectivity index (χ0) is 14.6. The predicted octanol–water partition coefficient (Wildman–Crippen LogP) is 3.08. The SMILES string of the molecule is C=C(C)CN(C)C(=O)Nc1cc(Cl)ccc1C(=O)O. The fourth-order valence-electron chi connectivity index (χ4n) is 1.49. The van der Waals surface area contributed by atoms with Crippen molar-refractivity contribution in [1.82, 2.24) is 4.90 Å². The summed E-state index contributed by atoms with van der Waals surface area (Å²) in [5.41, 5.74) is 0.974. The van der Waals surface area contributed by atoms with Crippen LogP contribution in [0.3, 0.4) is 0 Å². The van der Waals surface area contributed by atoms with Crippen molar-refractivity contribution in [3.8, 4) is 0 Å². The lowest BCUT2D eigenvalue weighted by Gasteiger charge is -2.18. The molecule has 1 rings (SSSR count). The standard InChI is InChI=1S/C13H15ClN2O3/c1-8(2)7-16(3)13(19)15-11-6-9(14)4-5-10(11)12(17)18/h4-6H,1,7H2,2-3H3,(H,15,19)(H,17,18). The second-order valence-electron chi connectivity index (χ2n) is 4.24. The number of carbonyl (C=O) groups is 2. The molecule has 0 bridgehead atoms. The molecule has 0 fully saturated rings. The van der Waals surface area contributed by atoms with Gasteiger partial charge in [-0.15, -0.1) is 0 Å². The van der Waals surface area contributed by atoms with Crippen LogP contribution in [0.2, 0.25) is 5.02 Å². The summed E-state index contributed by atoms with van der Waals surface area (Å²) in [5.74, 6) is -1.13. The van der Waals surface area contributed by atoms with Crippen LogP contribution in [0.4, 0.5) is 10.5 Å². The van der Waals surface area contributed by atoms with E-state index < -0.39 is 12.0 Å². The fraction of sp³-hybridized carbons (Fsp3) is 0.231. The number of benzene rings is 1. The van der Waals surface area contributed by atoms with Gasteiger partial charge in [0, 0.05) is 18.6 Å². The Labute approximate surface area is 116 Å². The maximum absolute atomic E-state index is 11.9. The highest BCUT2D eigenvalue weighted by molar-refractivity contribution is 6.31. The summed E-state index contributed by atoms with van der Waals surface area (Å²) in [6.45, 7) is 5.89. The second-order valence-corrected chi connectivity index (χ2v) is 4.67. The fourth-order valence-corrected chi connectivity index (χ4v) is 1.67. The molecule has 0 saturated carbocycles. The molecule has 6 heteroatoms. The van der Waals surface area contributed by atoms with Crippen LogP contribution in [0.5, 0.6) is 0 Å². The van der Waals surface area contributed by atoms with Crippen molar-refractivity contribution < 1.29 is 14.7 Å². The number of hydrogen-bond acceptors (Lipinski definition) is 2. The van der Waals surface area contributed by atoms with Crippen molar-refractivity contribution in [2.24, 2.45) is 0 Å². The molecule has 2 N–H and O–H groups in total. The Morgan fingerprint density at radius 3 is 2.63 bits per heavy atom. The summed E-state index contributed by atoms with van der Waals surface area (Å²) < 4.78 is 0. The number of urea groups is 1. The normalized spacial score (nSPS) is 9.84. The summed E-state index contributed by atoms with van der Waals surface area (Å²) >= 11 is 5.80. The molecule has 0 heterocycles. The Hall–Kier alpha value is -2.01. The Kier molecular flexibility index (Phi) is 4.94. The molecule has 0 saturated heterocycles. The molecule has 0 aliphatic carbocycles. The highest BCUT2D eigenvalue weighted by atomic mass is 35.5. The van der Waals surface area contributed by atoms with Crippen LogP contribution in [-0.4, -0.2) is 35.6 Å². The first-order valence-corrected chi connectivity index (χ1v) is 5.88. The van der Waals surface area contributed by atoms with Gasteiger partial charge in [0.15, 0.2) is 0 Å². The number of halogens is 1. The van der Waals surface area contributed by atoms with Crippen LogP contribution < -0.4 is 5.32 Å². The highest BCUT2D eigenvalue weighted by Gasteiger charge is 2.15. The molecule has 1 aromatic rings. The zero-order valence-electron chi connectivity index (χ0n) is 10.7. The quantitative estimate of drug-likeness (QED) is 0.834. The van der Waals surface area contributed by atoms with E-state index in [9.17, 15) is 9.59 Å². The van der Waals surface area contributed by atoms with Crippen LogP contribution in [0.25, 0.3) is 0 Å². The van der Waals surface area contributed by atoms with Gasteiger partial charge in [0.2, 0.25) is 0 Å². The zero-order valence-corrected chi connectivity index (χ0v) is 11.5. The Morgan fingerprint density at radius 2 is 2.11 bits per heavy atom. The first-order chi connectivity index (χ1) is 8.81. The third kappa shape index (κ3) is 4.30. The molecule has 102 valence electrons. The van der Waals surface area contributed by atoms with Gasteiger partial charge in [0.05, 0.1) is 11.3 Å². The lowest BCUT2D eigenvalue weighted by Crippen LogP contribution is -2.32. The molecule has 0 radical (unpaired) electrons. The third-order valence-electron chi connectivity index (χ3n) is 2.31. The summed E-state index contributed by atoms with van der Waals surface area (Å²) in [4.78, 5) is 24.3. The molecule has 0 aliphatic heterocycles. The van der Waals surface area contributed by atoms with E-state index in [1.807, 2.05) is 0 Å². The molecule has 0 aliphatic rings. The number of hydrogen-bond donors (Lipinski definition) is 2. The smallest absolute Gasteiger partial charge is 0.337 e. The van der Waals surface area contributed by atoms with Crippen LogP contribution >= 0.6 is 11.6 Å². The molecule has 0 atom stereocenters. The van der Waals surface area contributed by atoms with E-state index >= 15 is 0 Å². The van der Waals surface area contributed by atoms with Gasteiger partial charge in [0.1, 0.15) is 0 Å². The van der Waals surface area contributed by atoms with E-state index in [1.54, 1.807) is 14.0 Å². The number of nitrogens with one attached hydrogen (secondary N) is 1. The van der Waals surface area contributed by atoms with E-state index in [1.165, 1.54) is 23.1 Å². The number of rotatable bonds is 4. The van der Waals surface area contributed by atoms with E-state index in [2.05, 4.69) is 11.9 Å². The second kappa shape index (κ2) is 6.24. The topological polar surface area (TPSA) is 69.6 Å². The number of nitrogens with zero attached hydrogens (tertiary/aromatic N) is 1. The Bertz CT molecular complexity index is 529. The van der Waals surface area contributed by atoms with E-state index in [0.717, 1.165) is 5.57 Å². The van der Waals surface area contributed by atoms with Crippen LogP contribution in [-0.2, 0) is 0 Å². The van der Waals surface area contributed by atoms with Crippen molar-refractivity contribution in [2.45, 2.75) is 6.92 Å². The van der Waals surface area contributed by atoms with Crippen molar-refractivity contribution in [3.05, 3.63) is 40.9 Å². The number of likely N-dealkylation sites (N-methyl/N-ethyl adjacent to an activating group) is 1. The number of aromatic carboxylic acids is 1. The van der Waals surface area contributed by atoms with E-state index in [4.69, 9.17) is 16.7 Å². The molecular formula is C13H15ClN2O3. The number of carboxylic acids is 1. The van der Waals surface area contributed by atoms with Crippen molar-refractivity contribution in [1.29, 1.82) is 0 Å². The van der Waals surface area contributed by atoms with Gasteiger partial charge >= 0.3 is 12.0 Å². The Morgan fingerprint density at radius 1 is 1.47 bits per heavy atom. The molecule has 0 spiro atoms. The maximum Gasteiger partial charge on any atom is 0.337 e. The summed E-state index contributed by atoms with van der Waals surface area (Å²) in [6.07, 6.45) is 0. The number of amides is 2. The van der Waals surface area contributed by atoms with Gasteiger partial charge < -0.3 is 15.3 Å². The maximum atomic E-state index is 11.9. The minimum Gasteiger partial charge on any atom is -0.478 e. The first-order valence-electron chi connectivity index (χ1n) is 5.50. The number of carboxylic acid groups (broad SMARTS) is 1. The molecule has 0 unspecified atom stereocenters. The predicted molar refractivity (Wildman–Crippen MR) is 74.9 cm³/mol. The van der Waals surface area contributed by atoms with Gasteiger partial charge in [-0.1, -0.05) is 23.8 Å². The molecule has 0 aromatic heterocycles. The van der Waals surface area contributed by atoms with E-state index in [-0.39, 0.29) is 11.3 Å². The van der Waals surface area contributed by atoms with Gasteiger partial charge in [-0.05, 0) is 25.1 Å². The molecule has 5 nitrogen and oxygen atoms in total. The average Bonchev–Trinajstić information content (AvgIpc) is 2.27. The molecular weight excluding hydrogens is 268 g/mol. The largest absolute Gasteiger partial charge is 0.478 e. The van der Waals surface area contributed by atoms with Crippen molar-refractivity contribution >= 4 is 29.3 Å². The molecule has 19 heavy (non-hydrogen) atoms. The van der Waals surface area contributed by atoms with Gasteiger partial charge in [0.25, 0.3) is 0 Å². The minimum atomic E-state index is -1.13. The van der Waals surface area contributed by atoms with E-state index in [0.29, 0.717) is 11.6 Å². The van der Waals surface area contributed by atoms with Crippen LogP contribution in [0.15, 0.2) is 30.4 Å². The lowest BCUT2D eigenvalue weighted by atomic mass is 10.2. The molecule has 2 amide bonds. The molecule has 1 aromatic carbocycles. The summed E-state index contributed by atoms with van der Waals surface area (Å²) in [7, 11) is 1.59. The highest BCUT2D eigenvalue weighted by Crippen LogP contribution is 2.21. The summed E-state index contributed by atoms with van der Waals surface area (Å²) in [6, 6.07) is 3.78. The number of carbonyl (C=O) groups excluding carboxylic acids is 1. The monoisotopic (exact) mass is 282 g/mol. The summed E-state index contributed by atoms with van der Waals surface area (Å²) in [5, 5.41) is 11.9.